The van der Waals surface area contributed by atoms with Gasteiger partial charge in [-0.3, -0.25) is 4.79 Å². The zero-order valence-electron chi connectivity index (χ0n) is 19.3. The van der Waals surface area contributed by atoms with Gasteiger partial charge in [0.05, 0.1) is 17.8 Å². The van der Waals surface area contributed by atoms with E-state index in [1.54, 1.807) is 0 Å². The lowest BCUT2D eigenvalue weighted by Gasteiger charge is -2.34. The van der Waals surface area contributed by atoms with Gasteiger partial charge in [-0.2, -0.15) is 5.10 Å². The molecule has 2 aromatic rings. The quantitative estimate of drug-likeness (QED) is 0.749. The maximum Gasteiger partial charge on any atom is 0.317 e. The van der Waals surface area contributed by atoms with Crippen LogP contribution >= 0.6 is 0 Å². The number of amides is 3. The summed E-state index contributed by atoms with van der Waals surface area (Å²) in [6.45, 7) is 5.35. The molecule has 1 aromatic carbocycles. The maximum atomic E-state index is 12.8. The first kappa shape index (κ1) is 22.4. The van der Waals surface area contributed by atoms with Gasteiger partial charge in [0.2, 0.25) is 5.91 Å². The van der Waals surface area contributed by atoms with E-state index in [0.29, 0.717) is 25.6 Å². The Bertz CT molecular complexity index is 925. The fourth-order valence-corrected chi connectivity index (χ4v) is 4.93. The molecule has 1 saturated heterocycles. The van der Waals surface area contributed by atoms with Gasteiger partial charge in [-0.25, -0.2) is 9.48 Å². The van der Waals surface area contributed by atoms with Gasteiger partial charge in [0.25, 0.3) is 0 Å². The van der Waals surface area contributed by atoms with Crippen LogP contribution in [0.2, 0.25) is 0 Å². The Hall–Kier alpha value is -2.83. The second kappa shape index (κ2) is 10.2. The van der Waals surface area contributed by atoms with Crippen LogP contribution in [0.5, 0.6) is 0 Å². The van der Waals surface area contributed by atoms with Gasteiger partial charge >= 0.3 is 6.03 Å². The van der Waals surface area contributed by atoms with Crippen molar-refractivity contribution in [1.29, 1.82) is 0 Å². The predicted octanol–water partition coefficient (Wildman–Crippen LogP) is 3.65. The van der Waals surface area contributed by atoms with Gasteiger partial charge in [-0.05, 0) is 51.7 Å². The smallest absolute Gasteiger partial charge is 0.317 e. The number of carbonyl (C=O) groups is 2. The van der Waals surface area contributed by atoms with Crippen molar-refractivity contribution in [3.05, 3.63) is 47.3 Å². The minimum Gasteiger partial charge on any atom is -0.353 e. The first-order valence-corrected chi connectivity index (χ1v) is 12.0. The number of para-hydroxylation sites is 1. The molecule has 2 heterocycles. The number of carbonyl (C=O) groups excluding carboxylic acids is 2. The van der Waals surface area contributed by atoms with Gasteiger partial charge in [0.1, 0.15) is 0 Å². The molecule has 1 saturated carbocycles. The number of nitrogens with one attached hydrogen (secondary N) is 2. The van der Waals surface area contributed by atoms with Crippen LogP contribution in [0.4, 0.5) is 4.79 Å². The molecule has 2 fully saturated rings. The van der Waals surface area contributed by atoms with Crippen molar-refractivity contribution in [2.45, 2.75) is 77.3 Å². The molecular weight excluding hydrogens is 402 g/mol. The lowest BCUT2D eigenvalue weighted by molar-refractivity contribution is -0.121. The second-order valence-corrected chi connectivity index (χ2v) is 9.19. The van der Waals surface area contributed by atoms with Gasteiger partial charge in [-0.15, -0.1) is 0 Å². The average molecular weight is 438 g/mol. The summed E-state index contributed by atoms with van der Waals surface area (Å²) in [5.41, 5.74) is 3.86. The molecule has 0 unspecified atom stereocenters. The minimum absolute atomic E-state index is 0.0221. The van der Waals surface area contributed by atoms with E-state index in [1.807, 2.05) is 53.8 Å². The van der Waals surface area contributed by atoms with Gasteiger partial charge in [0, 0.05) is 36.4 Å². The SMILES string of the molecule is Cc1nn(-c2ccccc2)c(C)c1CC(=O)NC1CCN(C(=O)NC2CCCCC2)CC1. The van der Waals surface area contributed by atoms with Gasteiger partial charge in [0.15, 0.2) is 0 Å². The summed E-state index contributed by atoms with van der Waals surface area (Å²) in [4.78, 5) is 27.2. The molecular formula is C25H35N5O2. The normalized spacial score (nSPS) is 17.9. The Labute approximate surface area is 190 Å². The summed E-state index contributed by atoms with van der Waals surface area (Å²) in [5, 5.41) is 11.0. The van der Waals surface area contributed by atoms with E-state index in [-0.39, 0.29) is 18.0 Å². The molecule has 1 aliphatic heterocycles. The van der Waals surface area contributed by atoms with Crippen LogP contribution in [-0.2, 0) is 11.2 Å². The fraction of sp³-hybridized carbons (Fsp3) is 0.560. The highest BCUT2D eigenvalue weighted by molar-refractivity contribution is 5.79. The summed E-state index contributed by atoms with van der Waals surface area (Å²) in [6, 6.07) is 10.5. The molecule has 0 atom stereocenters. The highest BCUT2D eigenvalue weighted by Gasteiger charge is 2.26. The van der Waals surface area contributed by atoms with Crippen LogP contribution in [0.1, 0.15) is 61.9 Å². The Morgan fingerprint density at radius 1 is 0.938 bits per heavy atom. The molecule has 1 aromatic heterocycles. The van der Waals surface area contributed by atoms with Crippen LogP contribution in [-0.4, -0.2) is 51.8 Å². The number of hydrogen-bond donors (Lipinski definition) is 2. The molecule has 172 valence electrons. The molecule has 0 radical (unpaired) electrons. The molecule has 0 spiro atoms. The number of nitrogens with zero attached hydrogens (tertiary/aromatic N) is 3. The largest absolute Gasteiger partial charge is 0.353 e. The standard InChI is InChI=1S/C25H35N5O2/c1-18-23(19(2)30(28-18)22-11-7-4-8-12-22)17-24(31)26-21-13-15-29(16-14-21)25(32)27-20-9-5-3-6-10-20/h4,7-8,11-12,20-21H,3,5-6,9-10,13-17H2,1-2H3,(H,26,31)(H,27,32). The zero-order chi connectivity index (χ0) is 22.5. The molecule has 0 bridgehead atoms. The van der Waals surface area contributed by atoms with Crippen molar-refractivity contribution in [3.63, 3.8) is 0 Å². The summed E-state index contributed by atoms with van der Waals surface area (Å²) in [6.07, 6.45) is 7.81. The minimum atomic E-state index is 0.0221. The third-order valence-corrected chi connectivity index (χ3v) is 6.86. The maximum absolute atomic E-state index is 12.8. The number of aromatic nitrogens is 2. The Morgan fingerprint density at radius 2 is 1.59 bits per heavy atom. The van der Waals surface area contributed by atoms with E-state index in [4.69, 9.17) is 0 Å². The first-order chi connectivity index (χ1) is 15.5. The van der Waals surface area contributed by atoms with E-state index >= 15 is 0 Å². The third kappa shape index (κ3) is 5.31. The lowest BCUT2D eigenvalue weighted by Crippen LogP contribution is -2.51. The lowest BCUT2D eigenvalue weighted by atomic mass is 9.95. The van der Waals surface area contributed by atoms with Gasteiger partial charge in [-0.1, -0.05) is 37.5 Å². The van der Waals surface area contributed by atoms with Crippen LogP contribution in [0, 0.1) is 13.8 Å². The van der Waals surface area contributed by atoms with Crippen molar-refractivity contribution in [2.75, 3.05) is 13.1 Å². The third-order valence-electron chi connectivity index (χ3n) is 6.86. The second-order valence-electron chi connectivity index (χ2n) is 9.19. The van der Waals surface area contributed by atoms with Gasteiger partial charge < -0.3 is 15.5 Å². The van der Waals surface area contributed by atoms with Crippen molar-refractivity contribution < 1.29 is 9.59 Å². The fourth-order valence-electron chi connectivity index (χ4n) is 4.93. The molecule has 7 nitrogen and oxygen atoms in total. The van der Waals surface area contributed by atoms with E-state index < -0.39 is 0 Å². The van der Waals surface area contributed by atoms with E-state index in [1.165, 1.54) is 19.3 Å². The highest BCUT2D eigenvalue weighted by atomic mass is 16.2. The highest BCUT2D eigenvalue weighted by Crippen LogP contribution is 2.20. The summed E-state index contributed by atoms with van der Waals surface area (Å²) < 4.78 is 1.90. The van der Waals surface area contributed by atoms with Crippen LogP contribution in [0.15, 0.2) is 30.3 Å². The number of rotatable bonds is 5. The summed E-state index contributed by atoms with van der Waals surface area (Å²) in [7, 11) is 0. The van der Waals surface area contributed by atoms with Crippen molar-refractivity contribution in [3.8, 4) is 5.69 Å². The molecule has 3 amide bonds. The molecule has 1 aliphatic carbocycles. The van der Waals surface area contributed by atoms with E-state index in [9.17, 15) is 9.59 Å². The Kier molecular flexibility index (Phi) is 7.12. The number of aryl methyl sites for hydroxylation is 1. The van der Waals surface area contributed by atoms with Crippen molar-refractivity contribution in [2.24, 2.45) is 0 Å². The summed E-state index contributed by atoms with van der Waals surface area (Å²) >= 11 is 0. The molecule has 2 aliphatic rings. The zero-order valence-corrected chi connectivity index (χ0v) is 19.3. The van der Waals surface area contributed by atoms with Crippen molar-refractivity contribution >= 4 is 11.9 Å². The predicted molar refractivity (Wildman–Crippen MR) is 125 cm³/mol. The number of urea groups is 1. The number of hydrogen-bond acceptors (Lipinski definition) is 3. The Morgan fingerprint density at radius 3 is 2.28 bits per heavy atom. The average Bonchev–Trinajstić information content (AvgIpc) is 3.09. The van der Waals surface area contributed by atoms with Crippen molar-refractivity contribution in [1.82, 2.24) is 25.3 Å². The van der Waals surface area contributed by atoms with Crippen LogP contribution in [0.25, 0.3) is 5.69 Å². The molecule has 7 heteroatoms. The molecule has 32 heavy (non-hydrogen) atoms. The molecule has 4 rings (SSSR count). The molecule has 2 N–H and O–H groups in total. The Balaban J connectivity index is 1.27. The number of likely N-dealkylation sites (tertiary alicyclic amines) is 1. The first-order valence-electron chi connectivity index (χ1n) is 12.0. The van der Waals surface area contributed by atoms with E-state index in [0.717, 1.165) is 48.3 Å². The number of benzene rings is 1. The van der Waals surface area contributed by atoms with Crippen LogP contribution in [0.3, 0.4) is 0 Å². The van der Waals surface area contributed by atoms with Crippen LogP contribution < -0.4 is 10.6 Å². The monoisotopic (exact) mass is 437 g/mol. The van der Waals surface area contributed by atoms with E-state index in [2.05, 4.69) is 15.7 Å². The topological polar surface area (TPSA) is 79.3 Å². The summed E-state index contributed by atoms with van der Waals surface area (Å²) in [5.74, 6) is 0.0221. The number of piperidine rings is 1.